The monoisotopic (exact) mass is 1310 g/mol. The molecule has 0 aliphatic heterocycles. The zero-order valence-corrected chi connectivity index (χ0v) is 59.5. The molecule has 5 atom stereocenters. The van der Waals surface area contributed by atoms with Crippen LogP contribution in [-0.4, -0.2) is 96.7 Å². The van der Waals surface area contributed by atoms with Gasteiger partial charge in [-0.2, -0.15) is 0 Å². The maximum absolute atomic E-state index is 13.0. The number of rotatable bonds is 69. The molecule has 0 spiro atoms. The quantitative estimate of drug-likeness (QED) is 0.0222. The summed E-state index contributed by atoms with van der Waals surface area (Å²) in [5.41, 5.74) is 0. The normalized spacial score (nSPS) is 14.1. The number of esters is 4. The third-order valence-corrected chi connectivity index (χ3v) is 18.1. The zero-order valence-electron chi connectivity index (χ0n) is 57.7. The van der Waals surface area contributed by atoms with Crippen molar-refractivity contribution in [3.05, 3.63) is 0 Å². The molecule has 0 aromatic carbocycles. The third-order valence-electron chi connectivity index (χ3n) is 16.2. The summed E-state index contributed by atoms with van der Waals surface area (Å²) in [4.78, 5) is 72.5. The first-order valence-electron chi connectivity index (χ1n) is 36.5. The number of phosphoric acid groups is 2. The van der Waals surface area contributed by atoms with Crippen molar-refractivity contribution in [1.82, 2.24) is 0 Å². The van der Waals surface area contributed by atoms with Crippen LogP contribution in [0.25, 0.3) is 0 Å². The fourth-order valence-corrected chi connectivity index (χ4v) is 12.2. The Balaban J connectivity index is 5.22. The van der Waals surface area contributed by atoms with Crippen molar-refractivity contribution < 1.29 is 80.2 Å². The molecule has 19 heteroatoms. The van der Waals surface area contributed by atoms with Crippen molar-refractivity contribution in [3.63, 3.8) is 0 Å². The minimum atomic E-state index is -4.95. The predicted octanol–water partition coefficient (Wildman–Crippen LogP) is 20.0. The summed E-state index contributed by atoms with van der Waals surface area (Å²) in [6, 6.07) is 0. The van der Waals surface area contributed by atoms with Gasteiger partial charge in [-0.1, -0.05) is 305 Å². The van der Waals surface area contributed by atoms with Gasteiger partial charge in [0.25, 0.3) is 0 Å². The number of hydrogen-bond donors (Lipinski definition) is 3. The Morgan fingerprint density at radius 1 is 0.303 bits per heavy atom. The van der Waals surface area contributed by atoms with Crippen LogP contribution in [0.5, 0.6) is 0 Å². The van der Waals surface area contributed by atoms with Gasteiger partial charge >= 0.3 is 39.5 Å². The Hall–Kier alpha value is -1.94. The van der Waals surface area contributed by atoms with E-state index in [4.69, 9.17) is 37.0 Å². The fraction of sp³-hybridized carbons (Fsp3) is 0.943. The van der Waals surface area contributed by atoms with Gasteiger partial charge < -0.3 is 33.8 Å². The van der Waals surface area contributed by atoms with Crippen LogP contribution in [0.3, 0.4) is 0 Å². The molecule has 0 heterocycles. The van der Waals surface area contributed by atoms with E-state index in [1.807, 2.05) is 0 Å². The van der Waals surface area contributed by atoms with E-state index >= 15 is 0 Å². The average Bonchev–Trinajstić information content (AvgIpc) is 3.53. The summed E-state index contributed by atoms with van der Waals surface area (Å²) in [7, 11) is -9.90. The van der Waals surface area contributed by atoms with Crippen molar-refractivity contribution in [2.75, 3.05) is 39.6 Å². The Kier molecular flexibility index (Phi) is 60.8. The maximum atomic E-state index is 13.0. The lowest BCUT2D eigenvalue weighted by molar-refractivity contribution is -0.161. The number of ether oxygens (including phenoxy) is 4. The van der Waals surface area contributed by atoms with Crippen molar-refractivity contribution in [2.45, 2.75) is 374 Å². The van der Waals surface area contributed by atoms with Gasteiger partial charge in [0.15, 0.2) is 12.2 Å². The zero-order chi connectivity index (χ0) is 65.7. The van der Waals surface area contributed by atoms with E-state index in [-0.39, 0.29) is 25.7 Å². The molecule has 17 nitrogen and oxygen atoms in total. The molecule has 528 valence electrons. The average molecular weight is 1310 g/mol. The molecule has 0 aromatic heterocycles. The molecule has 89 heavy (non-hydrogen) atoms. The number of aliphatic hydroxyl groups excluding tert-OH is 1. The van der Waals surface area contributed by atoms with Crippen molar-refractivity contribution in [1.29, 1.82) is 0 Å². The number of unbranched alkanes of at least 4 members (excludes halogenated alkanes) is 39. The van der Waals surface area contributed by atoms with Crippen molar-refractivity contribution in [3.8, 4) is 0 Å². The SMILES string of the molecule is CCCCCCCCCCCCCC(=O)O[C@H](COC(=O)CCCCCCCCCCC)COP(=O)(O)OC[C@H](O)COP(=O)(O)OC[C@@H](COC(=O)CCCCCCCCCCCC(C)C)OC(=O)CCCCCCCCCCCCCCCCC(C)C. The van der Waals surface area contributed by atoms with Crippen LogP contribution >= 0.6 is 15.6 Å². The van der Waals surface area contributed by atoms with Gasteiger partial charge in [-0.3, -0.25) is 37.3 Å². The summed E-state index contributed by atoms with van der Waals surface area (Å²) in [5, 5.41) is 10.6. The van der Waals surface area contributed by atoms with E-state index in [9.17, 15) is 43.2 Å². The first-order valence-corrected chi connectivity index (χ1v) is 39.5. The summed E-state index contributed by atoms with van der Waals surface area (Å²) in [6.45, 7) is 9.53. The molecule has 0 saturated carbocycles. The number of carbonyl (C=O) groups excluding carboxylic acids is 4. The number of phosphoric ester groups is 2. The van der Waals surface area contributed by atoms with Gasteiger partial charge in [0.1, 0.15) is 19.3 Å². The van der Waals surface area contributed by atoms with Crippen LogP contribution in [-0.2, 0) is 65.4 Å². The Bertz CT molecular complexity index is 1730. The smallest absolute Gasteiger partial charge is 0.462 e. The van der Waals surface area contributed by atoms with Crippen LogP contribution < -0.4 is 0 Å². The Labute approximate surface area is 543 Å². The van der Waals surface area contributed by atoms with Gasteiger partial charge in [0.2, 0.25) is 0 Å². The van der Waals surface area contributed by atoms with E-state index < -0.39 is 97.5 Å². The van der Waals surface area contributed by atoms with Gasteiger partial charge in [0, 0.05) is 25.7 Å². The van der Waals surface area contributed by atoms with E-state index in [0.29, 0.717) is 25.7 Å². The van der Waals surface area contributed by atoms with Gasteiger partial charge in [-0.05, 0) is 37.5 Å². The van der Waals surface area contributed by atoms with Crippen LogP contribution in [0.4, 0.5) is 0 Å². The van der Waals surface area contributed by atoms with Gasteiger partial charge in [-0.25, -0.2) is 9.13 Å². The summed E-state index contributed by atoms with van der Waals surface area (Å²) >= 11 is 0. The van der Waals surface area contributed by atoms with E-state index in [1.54, 1.807) is 0 Å². The third kappa shape index (κ3) is 64.6. The van der Waals surface area contributed by atoms with Crippen molar-refractivity contribution >= 4 is 39.5 Å². The highest BCUT2D eigenvalue weighted by atomic mass is 31.2. The molecule has 0 fully saturated rings. The van der Waals surface area contributed by atoms with E-state index in [1.165, 1.54) is 173 Å². The summed E-state index contributed by atoms with van der Waals surface area (Å²) < 4.78 is 68.2. The lowest BCUT2D eigenvalue weighted by atomic mass is 10.0. The first kappa shape index (κ1) is 87.1. The molecule has 0 aliphatic rings. The van der Waals surface area contributed by atoms with Crippen LogP contribution in [0.1, 0.15) is 356 Å². The molecule has 0 aliphatic carbocycles. The van der Waals surface area contributed by atoms with Crippen LogP contribution in [0.2, 0.25) is 0 Å². The molecular weight excluding hydrogens is 1170 g/mol. The molecule has 2 unspecified atom stereocenters. The number of aliphatic hydroxyl groups is 1. The molecule has 0 rings (SSSR count). The van der Waals surface area contributed by atoms with Crippen LogP contribution in [0, 0.1) is 11.8 Å². The minimum absolute atomic E-state index is 0.107. The molecule has 0 saturated heterocycles. The molecule has 0 bridgehead atoms. The topological polar surface area (TPSA) is 237 Å². The number of carbonyl (C=O) groups is 4. The molecule has 0 amide bonds. The summed E-state index contributed by atoms with van der Waals surface area (Å²) in [6.07, 6.45) is 47.1. The highest BCUT2D eigenvalue weighted by molar-refractivity contribution is 7.47. The molecular formula is C70H136O17P2. The lowest BCUT2D eigenvalue weighted by Crippen LogP contribution is -2.30. The van der Waals surface area contributed by atoms with Gasteiger partial charge in [0.05, 0.1) is 26.4 Å². The molecule has 0 radical (unpaired) electrons. The largest absolute Gasteiger partial charge is 0.472 e. The lowest BCUT2D eigenvalue weighted by Gasteiger charge is -2.21. The number of hydrogen-bond acceptors (Lipinski definition) is 15. The Morgan fingerprint density at radius 3 is 0.764 bits per heavy atom. The first-order chi connectivity index (χ1) is 42.9. The highest BCUT2D eigenvalue weighted by Gasteiger charge is 2.30. The van der Waals surface area contributed by atoms with E-state index in [2.05, 4.69) is 41.5 Å². The highest BCUT2D eigenvalue weighted by Crippen LogP contribution is 2.45. The second kappa shape index (κ2) is 62.2. The fourth-order valence-electron chi connectivity index (χ4n) is 10.6. The Morgan fingerprint density at radius 2 is 0.517 bits per heavy atom. The second-order valence-corrected chi connectivity index (χ2v) is 29.1. The minimum Gasteiger partial charge on any atom is -0.462 e. The summed E-state index contributed by atoms with van der Waals surface area (Å²) in [5.74, 6) is -0.586. The predicted molar refractivity (Wildman–Crippen MR) is 358 cm³/mol. The second-order valence-electron chi connectivity index (χ2n) is 26.2. The van der Waals surface area contributed by atoms with Crippen LogP contribution in [0.15, 0.2) is 0 Å². The standard InChI is InChI=1S/C70H136O17P2/c1-7-9-11-13-15-17-22-29-36-42-48-54-69(74)86-65(58-80-67(72)52-46-40-34-26-16-14-12-10-8-2)60-84-88(76,77)82-56-64(71)57-83-89(78,79)85-61-66(59-81-68(73)53-47-41-35-31-25-28-33-39-45-51-63(5)6)87-70(75)55-49-43-37-30-24-21-19-18-20-23-27-32-38-44-50-62(3)4/h62-66,71H,7-61H2,1-6H3,(H,76,77)(H,78,79)/t64-,65+,66+/m0/s1. The van der Waals surface area contributed by atoms with Gasteiger partial charge in [-0.15, -0.1) is 0 Å². The van der Waals surface area contributed by atoms with E-state index in [0.717, 1.165) is 102 Å². The van der Waals surface area contributed by atoms with Crippen molar-refractivity contribution in [2.24, 2.45) is 11.8 Å². The molecule has 3 N–H and O–H groups in total. The maximum Gasteiger partial charge on any atom is 0.472 e. The molecule has 0 aromatic rings.